The van der Waals surface area contributed by atoms with Gasteiger partial charge in [0, 0.05) is 43.4 Å². The molecule has 0 aliphatic heterocycles. The molecule has 0 bridgehead atoms. The van der Waals surface area contributed by atoms with Crippen molar-refractivity contribution in [2.75, 3.05) is 0 Å². The Labute approximate surface area is 849 Å². The van der Waals surface area contributed by atoms with E-state index in [1.807, 2.05) is 12.1 Å². The van der Waals surface area contributed by atoms with Crippen LogP contribution in [0, 0.1) is 0 Å². The van der Waals surface area contributed by atoms with Crippen molar-refractivity contribution in [1.82, 2.24) is 0 Å². The molecule has 3 aromatic heterocycles. The minimum Gasteiger partial charge on any atom is -0.456 e. The lowest BCUT2D eigenvalue weighted by Gasteiger charge is -2.20. The third-order valence-electron chi connectivity index (χ3n) is 30.2. The maximum absolute atomic E-state index is 6.67. The van der Waals surface area contributed by atoms with Gasteiger partial charge in [-0.25, -0.2) is 0 Å². The number of fused-ring (bicyclic) bond motifs is 18. The highest BCUT2D eigenvalue weighted by Crippen LogP contribution is 2.55. The summed E-state index contributed by atoms with van der Waals surface area (Å²) in [7, 11) is 0. The molecule has 0 N–H and O–H groups in total. The monoisotopic (exact) mass is 1870 g/mol. The summed E-state index contributed by atoms with van der Waals surface area (Å²) in [6.45, 7) is 0. The summed E-state index contributed by atoms with van der Waals surface area (Å²) in [5.41, 5.74) is 34.6. The van der Waals surface area contributed by atoms with Gasteiger partial charge in [-0.3, -0.25) is 0 Å². The van der Waals surface area contributed by atoms with E-state index in [0.717, 1.165) is 82.5 Å². The molecule has 0 atom stereocenters. The van der Waals surface area contributed by atoms with Gasteiger partial charge in [-0.2, -0.15) is 0 Å². The fraction of sp³-hybridized carbons (Fsp3) is 0. The third-order valence-corrected chi connectivity index (χ3v) is 30.2. The maximum Gasteiger partial charge on any atom is 0.143 e. The van der Waals surface area contributed by atoms with Crippen LogP contribution >= 0.6 is 0 Å². The van der Waals surface area contributed by atoms with Gasteiger partial charge in [0.1, 0.15) is 33.5 Å². The minimum atomic E-state index is 0.882. The van der Waals surface area contributed by atoms with Gasteiger partial charge in [0.15, 0.2) is 0 Å². The molecule has 0 saturated carbocycles. The van der Waals surface area contributed by atoms with Gasteiger partial charge in [-0.15, -0.1) is 0 Å². The first kappa shape index (κ1) is 85.6. The second-order valence-electron chi connectivity index (χ2n) is 38.3. The molecular formula is C144H90O3. The highest BCUT2D eigenvalue weighted by molar-refractivity contribution is 6.30. The van der Waals surface area contributed by atoms with Crippen LogP contribution in [-0.2, 0) is 0 Å². The fourth-order valence-electron chi connectivity index (χ4n) is 23.9. The second kappa shape index (κ2) is 36.0. The van der Waals surface area contributed by atoms with Crippen LogP contribution in [0.5, 0.6) is 0 Å². The molecule has 0 aliphatic rings. The fourth-order valence-corrected chi connectivity index (χ4v) is 23.9. The summed E-state index contributed by atoms with van der Waals surface area (Å²) in [6.07, 6.45) is 0. The summed E-state index contributed by atoms with van der Waals surface area (Å²) in [5.74, 6) is 0. The molecule has 0 radical (unpaired) electrons. The number of benzene rings is 27. The van der Waals surface area contributed by atoms with Gasteiger partial charge < -0.3 is 13.3 Å². The highest BCUT2D eigenvalue weighted by Gasteiger charge is 2.28. The van der Waals surface area contributed by atoms with Crippen LogP contribution in [0.3, 0.4) is 0 Å². The van der Waals surface area contributed by atoms with Crippen molar-refractivity contribution in [3.05, 3.63) is 546 Å². The van der Waals surface area contributed by atoms with Gasteiger partial charge in [0.25, 0.3) is 0 Å². The predicted octanol–water partition coefficient (Wildman–Crippen LogP) is 41.1. The van der Waals surface area contributed by atoms with E-state index in [9.17, 15) is 0 Å². The summed E-state index contributed by atoms with van der Waals surface area (Å²) in [4.78, 5) is 0. The van der Waals surface area contributed by atoms with Gasteiger partial charge in [0.05, 0.1) is 0 Å². The van der Waals surface area contributed by atoms with Crippen LogP contribution in [0.2, 0.25) is 0 Å². The molecule has 0 saturated heterocycles. The first-order valence-electron chi connectivity index (χ1n) is 50.6. The van der Waals surface area contributed by atoms with Gasteiger partial charge in [-0.1, -0.05) is 491 Å². The van der Waals surface area contributed by atoms with Crippen LogP contribution < -0.4 is 0 Å². The van der Waals surface area contributed by atoms with Crippen molar-refractivity contribution in [2.45, 2.75) is 0 Å². The summed E-state index contributed by atoms with van der Waals surface area (Å²) in [5, 5.41) is 29.3. The average Bonchev–Trinajstić information content (AvgIpc) is 1.52. The van der Waals surface area contributed by atoms with Crippen molar-refractivity contribution in [2.24, 2.45) is 0 Å². The molecule has 3 heterocycles. The molecule has 30 rings (SSSR count). The zero-order valence-corrected chi connectivity index (χ0v) is 80.2. The van der Waals surface area contributed by atoms with Crippen molar-refractivity contribution >= 4 is 163 Å². The van der Waals surface area contributed by atoms with E-state index >= 15 is 0 Å². The lowest BCUT2D eigenvalue weighted by molar-refractivity contribution is 0.668. The Bertz CT molecular complexity index is 10300. The Morgan fingerprint density at radius 3 is 0.898 bits per heavy atom. The summed E-state index contributed by atoms with van der Waals surface area (Å²) >= 11 is 0. The molecule has 30 aromatic rings. The summed E-state index contributed by atoms with van der Waals surface area (Å²) in [6, 6.07) is 197. The number of hydrogen-bond donors (Lipinski definition) is 0. The molecule has 684 valence electrons. The van der Waals surface area contributed by atoms with Crippen molar-refractivity contribution in [1.29, 1.82) is 0 Å². The van der Waals surface area contributed by atoms with Crippen LogP contribution in [0.4, 0.5) is 0 Å². The Kier molecular flexibility index (Phi) is 21.0. The number of furan rings is 3. The Hall–Kier alpha value is -19.3. The van der Waals surface area contributed by atoms with E-state index in [1.165, 1.54) is 214 Å². The average molecular weight is 1870 g/mol. The normalized spacial score (nSPS) is 11.7. The van der Waals surface area contributed by atoms with Gasteiger partial charge in [0.2, 0.25) is 0 Å². The molecule has 27 aromatic carbocycles. The molecule has 0 amide bonds. The second-order valence-corrected chi connectivity index (χ2v) is 38.3. The van der Waals surface area contributed by atoms with Crippen molar-refractivity contribution < 1.29 is 13.3 Å². The number of rotatable bonds is 12. The molecule has 0 unspecified atom stereocenters. The van der Waals surface area contributed by atoms with E-state index in [1.54, 1.807) is 0 Å². The topological polar surface area (TPSA) is 39.4 Å². The van der Waals surface area contributed by atoms with E-state index in [4.69, 9.17) is 13.3 Å². The zero-order chi connectivity index (χ0) is 96.9. The molecule has 3 heteroatoms. The van der Waals surface area contributed by atoms with Crippen LogP contribution in [-0.4, -0.2) is 0 Å². The van der Waals surface area contributed by atoms with Crippen molar-refractivity contribution in [3.8, 4) is 134 Å². The quantitative estimate of drug-likeness (QED) is 0.114. The number of hydrogen-bond acceptors (Lipinski definition) is 3. The Balaban J connectivity index is 0.000000107. The molecule has 0 fully saturated rings. The standard InChI is InChI=1S/C54H34O.C48H30O.C42H26O/c1-4-16-35(17-5-1)38-28-30-49-48(33-38)54-50(55-49)31-29-42(36-18-6-2-7-19-36)52(54)40-32-39-22-10-11-23-41(39)47(34-40)53-45-26-14-12-24-43(45)51(37-20-8-3-9-21-37)44-25-13-15-27-46(44)53;1-3-15-31(16-4-1)33-23-11-29-43-47-38(28-14-30-44(47)49-48(33)43)36-26-12-25-35-34(36)24-13-27-37(35)46-41-21-9-7-19-39(41)45(32-17-5-2-6-18-32)40-20-8-10-22-42(40)46;1-2-12-27(13-3-1)41-34-15-4-6-17-36(34)42(37-18-7-5-16-35(37)41)33-22-11-20-30-29(19-10-21-31(30)33)28-24-25-40-38(26-28)32-14-8-9-23-39(32)43-40/h1-34H;1-30H;1-26H. The smallest absolute Gasteiger partial charge is 0.143 e. The number of para-hydroxylation sites is 2. The SMILES string of the molecule is c1ccc(-c2c3ccccc3c(-c3cccc4c(-c5ccc6oc7ccccc7c6c5)cccc34)c3ccccc23)cc1.c1ccc(-c2c3ccccc3c(-c3cccc4c(-c5cccc6oc7c(-c8ccccc8)cccc7c56)cccc34)c3ccccc23)cc1.c1ccc(-c2ccc3oc4ccc(-c5ccccc5)c(-c5cc(-c6c7ccccc7c(-c7ccccc7)c7ccccc67)c6ccccc6c5)c4c3c2)cc1. The largest absolute Gasteiger partial charge is 0.456 e. The van der Waals surface area contributed by atoms with Gasteiger partial charge in [-0.05, 0) is 274 Å². The lowest BCUT2D eigenvalue weighted by Crippen LogP contribution is -1.93. The third kappa shape index (κ3) is 14.6. The molecular weight excluding hydrogens is 1780 g/mol. The van der Waals surface area contributed by atoms with E-state index in [0.29, 0.717) is 0 Å². The van der Waals surface area contributed by atoms with Crippen LogP contribution in [0.25, 0.3) is 296 Å². The minimum absolute atomic E-state index is 0.882. The molecule has 0 spiro atoms. The van der Waals surface area contributed by atoms with Crippen LogP contribution in [0.1, 0.15) is 0 Å². The van der Waals surface area contributed by atoms with E-state index < -0.39 is 0 Å². The lowest BCUT2D eigenvalue weighted by atomic mass is 9.82. The Morgan fingerprint density at radius 1 is 0.102 bits per heavy atom. The zero-order valence-electron chi connectivity index (χ0n) is 80.2. The van der Waals surface area contributed by atoms with Crippen LogP contribution in [0.15, 0.2) is 559 Å². The van der Waals surface area contributed by atoms with Crippen molar-refractivity contribution in [3.63, 3.8) is 0 Å². The molecule has 0 aliphatic carbocycles. The summed E-state index contributed by atoms with van der Waals surface area (Å²) < 4.78 is 19.4. The predicted molar refractivity (Wildman–Crippen MR) is 624 cm³/mol. The van der Waals surface area contributed by atoms with E-state index in [2.05, 4.69) is 534 Å². The Morgan fingerprint density at radius 2 is 0.408 bits per heavy atom. The molecule has 147 heavy (non-hydrogen) atoms. The van der Waals surface area contributed by atoms with Gasteiger partial charge >= 0.3 is 0 Å². The first-order chi connectivity index (χ1) is 73.0. The maximum atomic E-state index is 6.67. The molecule has 3 nitrogen and oxygen atoms in total. The van der Waals surface area contributed by atoms with E-state index in [-0.39, 0.29) is 0 Å². The first-order valence-corrected chi connectivity index (χ1v) is 50.6. The highest BCUT2D eigenvalue weighted by atomic mass is 16.3.